The molecule has 1 aliphatic heterocycles. The van der Waals surface area contributed by atoms with Gasteiger partial charge in [0.25, 0.3) is 0 Å². The maximum Gasteiger partial charge on any atom is 0.410 e. The maximum atomic E-state index is 14.2. The van der Waals surface area contributed by atoms with Gasteiger partial charge in [0.05, 0.1) is 6.54 Å². The van der Waals surface area contributed by atoms with Crippen molar-refractivity contribution in [2.75, 3.05) is 19.6 Å². The van der Waals surface area contributed by atoms with Gasteiger partial charge in [0.2, 0.25) is 0 Å². The lowest BCUT2D eigenvalue weighted by Crippen LogP contribution is -2.69. The van der Waals surface area contributed by atoms with Crippen LogP contribution in [-0.4, -0.2) is 74.9 Å². The molecule has 1 aromatic carbocycles. The number of hydrogen-bond acceptors (Lipinski definition) is 5. The topological polar surface area (TPSA) is 119 Å². The minimum absolute atomic E-state index is 0.0876. The number of rotatable bonds is 4. The summed E-state index contributed by atoms with van der Waals surface area (Å²) < 4.78 is 5.52. The van der Waals surface area contributed by atoms with Gasteiger partial charge in [0, 0.05) is 24.2 Å². The maximum absolute atomic E-state index is 14.2. The number of amides is 3. The van der Waals surface area contributed by atoms with Gasteiger partial charge < -0.3 is 30.1 Å². The quantitative estimate of drug-likeness (QED) is 0.207. The number of allylic oxidation sites excluding steroid dienone is 3. The smallest absolute Gasteiger partial charge is 0.410 e. The summed E-state index contributed by atoms with van der Waals surface area (Å²) in [5.41, 5.74) is 3.01. The van der Waals surface area contributed by atoms with E-state index in [1.165, 1.54) is 46.6 Å². The number of aliphatic carboxylic acids is 1. The van der Waals surface area contributed by atoms with Crippen LogP contribution in [0.2, 0.25) is 0 Å². The molecular formula is C47H69N3O6. The summed E-state index contributed by atoms with van der Waals surface area (Å²) in [4.78, 5) is 42.3. The number of urea groups is 1. The molecule has 1 saturated heterocycles. The van der Waals surface area contributed by atoms with Crippen LogP contribution < -0.4 is 5.32 Å². The van der Waals surface area contributed by atoms with Crippen LogP contribution in [0.15, 0.2) is 49.6 Å². The second-order valence-electron chi connectivity index (χ2n) is 19.9. The molecule has 5 aliphatic carbocycles. The molecule has 0 aromatic heterocycles. The zero-order valence-corrected chi connectivity index (χ0v) is 35.5. The molecule has 5 fully saturated rings. The van der Waals surface area contributed by atoms with Crippen molar-refractivity contribution in [3.63, 3.8) is 0 Å². The van der Waals surface area contributed by atoms with E-state index in [0.717, 1.165) is 44.1 Å². The van der Waals surface area contributed by atoms with Crippen molar-refractivity contribution in [1.82, 2.24) is 15.1 Å². The van der Waals surface area contributed by atoms with Crippen molar-refractivity contribution in [3.8, 4) is 0 Å². The first-order valence-corrected chi connectivity index (χ1v) is 21.3. The minimum Gasteiger partial charge on any atom is -0.508 e. The van der Waals surface area contributed by atoms with E-state index in [2.05, 4.69) is 64.4 Å². The minimum atomic E-state index is -1.13. The molecule has 9 heteroatoms. The van der Waals surface area contributed by atoms with E-state index >= 15 is 0 Å². The first-order chi connectivity index (χ1) is 26.2. The second kappa shape index (κ2) is 15.2. The number of ether oxygens (including phenoxy) is 1. The Kier molecular flexibility index (Phi) is 11.4. The van der Waals surface area contributed by atoms with Crippen LogP contribution in [0.25, 0.3) is 11.3 Å². The Labute approximate surface area is 336 Å². The fraction of sp³-hybridized carbons (Fsp3) is 0.681. The monoisotopic (exact) mass is 772 g/mol. The van der Waals surface area contributed by atoms with E-state index in [4.69, 9.17) is 4.74 Å². The molecule has 0 bridgehead atoms. The zero-order valence-electron chi connectivity index (χ0n) is 35.5. The van der Waals surface area contributed by atoms with Crippen molar-refractivity contribution in [2.24, 2.45) is 45.8 Å². The van der Waals surface area contributed by atoms with Gasteiger partial charge in [-0.1, -0.05) is 77.1 Å². The summed E-state index contributed by atoms with van der Waals surface area (Å²) in [5.74, 6) is 1.56. The van der Waals surface area contributed by atoms with Crippen LogP contribution in [0.4, 0.5) is 9.59 Å². The zero-order chi connectivity index (χ0) is 41.0. The predicted octanol–water partition coefficient (Wildman–Crippen LogP) is 10.3. The lowest BCUT2D eigenvalue weighted by molar-refractivity contribution is -0.210. The molecule has 1 heterocycles. The number of carboxylic acids is 1. The molecule has 4 saturated carbocycles. The molecule has 1 aromatic rings. The molecule has 56 heavy (non-hydrogen) atoms. The number of aliphatic hydroxyl groups excluding tert-OH is 1. The number of fused-ring (bicyclic) bond motifs is 7. The number of carbonyl (C=O) groups excluding carboxylic acids is 2. The van der Waals surface area contributed by atoms with Gasteiger partial charge in [0.1, 0.15) is 17.4 Å². The number of piperazine rings is 1. The van der Waals surface area contributed by atoms with E-state index < -0.39 is 23.7 Å². The normalized spacial score (nSPS) is 37.5. The number of carbonyl (C=O) groups is 3. The molecule has 3 N–H and O–H groups in total. The van der Waals surface area contributed by atoms with E-state index in [1.54, 1.807) is 26.8 Å². The number of nitrogens with one attached hydrogen (secondary N) is 1. The molecule has 0 radical (unpaired) electrons. The Morgan fingerprint density at radius 2 is 1.59 bits per heavy atom. The van der Waals surface area contributed by atoms with E-state index in [9.17, 15) is 24.6 Å². The standard InChI is InChI=1S/C44H63N3O6.C3H6/c1-27-31(30-13-11-29(12-14-30)28(2)48)17-20-41(6)32(27)18-21-43(8)36(41)16-15-33-34-10-9-19-44(34,23-22-42(33,43)7)45-38(51)47-25-24-46(26-35(47)37(49)50)39(52)53-40(3,4)5;1-3-2/h11-14,17,27,32-36,48H,2,9-10,15-16,18-26H2,1,3-8H3,(H,45,51)(H,49,50);3H,1H2,2H3/t27?,32?,33?,34?,35?,36?,41?,42-,43?,44?;/m1./s1. The van der Waals surface area contributed by atoms with E-state index in [0.29, 0.717) is 29.6 Å². The molecule has 10 atom stereocenters. The van der Waals surface area contributed by atoms with Gasteiger partial charge in [-0.05, 0) is 142 Å². The van der Waals surface area contributed by atoms with Gasteiger partial charge in [0.15, 0.2) is 0 Å². The molecule has 0 spiro atoms. The highest BCUT2D eigenvalue weighted by Crippen LogP contribution is 2.75. The molecule has 308 valence electrons. The SMILES string of the molecule is C=C(O)c1ccc(C2=CCC3(C)C(CCC4(C)C3CCC3C5CCCC5(NC(=O)N5CCN(C(=O)OC(C)(C)C)CC5C(=O)O)CC[C@]34C)C2C)cc1.C=CC. The first-order valence-electron chi connectivity index (χ1n) is 21.3. The third kappa shape index (κ3) is 7.08. The summed E-state index contributed by atoms with van der Waals surface area (Å²) in [6, 6.07) is 6.80. The van der Waals surface area contributed by atoms with Crippen LogP contribution in [0.3, 0.4) is 0 Å². The van der Waals surface area contributed by atoms with Gasteiger partial charge in [-0.2, -0.15) is 0 Å². The highest BCUT2D eigenvalue weighted by atomic mass is 16.6. The van der Waals surface area contributed by atoms with Crippen molar-refractivity contribution in [3.05, 3.63) is 60.7 Å². The number of hydrogen-bond donors (Lipinski definition) is 3. The van der Waals surface area contributed by atoms with E-state index in [1.807, 2.05) is 19.1 Å². The van der Waals surface area contributed by atoms with Crippen LogP contribution in [0.1, 0.15) is 131 Å². The second-order valence-corrected chi connectivity index (χ2v) is 19.9. The van der Waals surface area contributed by atoms with Gasteiger partial charge >= 0.3 is 18.1 Å². The molecule has 9 unspecified atom stereocenters. The molecule has 7 rings (SSSR count). The van der Waals surface area contributed by atoms with Crippen molar-refractivity contribution >= 4 is 29.4 Å². The highest BCUT2D eigenvalue weighted by Gasteiger charge is 2.69. The summed E-state index contributed by atoms with van der Waals surface area (Å²) in [7, 11) is 0. The Morgan fingerprint density at radius 3 is 2.21 bits per heavy atom. The highest BCUT2D eigenvalue weighted by molar-refractivity contribution is 5.84. The van der Waals surface area contributed by atoms with Crippen LogP contribution in [-0.2, 0) is 9.53 Å². The Balaban J connectivity index is 0.00000172. The largest absolute Gasteiger partial charge is 0.508 e. The average Bonchev–Trinajstić information content (AvgIpc) is 3.55. The Hall–Kier alpha value is -3.75. The summed E-state index contributed by atoms with van der Waals surface area (Å²) in [6.07, 6.45) is 14.7. The summed E-state index contributed by atoms with van der Waals surface area (Å²) in [5, 5.41) is 23.6. The average molecular weight is 772 g/mol. The van der Waals surface area contributed by atoms with Crippen LogP contribution in [0.5, 0.6) is 0 Å². The third-order valence-electron chi connectivity index (χ3n) is 16.0. The molecule has 9 nitrogen and oxygen atoms in total. The lowest BCUT2D eigenvalue weighted by Gasteiger charge is -2.71. The van der Waals surface area contributed by atoms with Crippen LogP contribution >= 0.6 is 0 Å². The van der Waals surface area contributed by atoms with Gasteiger partial charge in [-0.15, -0.1) is 6.58 Å². The number of benzene rings is 1. The fourth-order valence-electron chi connectivity index (χ4n) is 13.3. The Morgan fingerprint density at radius 1 is 0.911 bits per heavy atom. The third-order valence-corrected chi connectivity index (χ3v) is 16.0. The lowest BCUT2D eigenvalue weighted by atomic mass is 9.34. The molecular weight excluding hydrogens is 703 g/mol. The van der Waals surface area contributed by atoms with Crippen molar-refractivity contribution in [2.45, 2.75) is 137 Å². The summed E-state index contributed by atoms with van der Waals surface area (Å²) >= 11 is 0. The van der Waals surface area contributed by atoms with Gasteiger partial charge in [-0.25, -0.2) is 14.4 Å². The van der Waals surface area contributed by atoms with Crippen molar-refractivity contribution in [1.29, 1.82) is 0 Å². The summed E-state index contributed by atoms with van der Waals surface area (Å²) in [6.45, 7) is 24.9. The number of aliphatic hydroxyl groups is 1. The molecule has 6 aliphatic rings. The molecule has 3 amide bonds. The fourth-order valence-corrected chi connectivity index (χ4v) is 13.3. The number of nitrogens with zero attached hydrogens (tertiary/aromatic N) is 2. The predicted molar refractivity (Wildman–Crippen MR) is 223 cm³/mol. The van der Waals surface area contributed by atoms with E-state index in [-0.39, 0.29) is 53.2 Å². The van der Waals surface area contributed by atoms with Crippen LogP contribution in [0, 0.1) is 45.8 Å². The number of carboxylic acid groups (broad SMARTS) is 1. The Bertz CT molecular complexity index is 1730. The van der Waals surface area contributed by atoms with Crippen molar-refractivity contribution < 1.29 is 29.3 Å². The van der Waals surface area contributed by atoms with Gasteiger partial charge in [-0.3, -0.25) is 0 Å². The first kappa shape index (κ1) is 41.9.